The molecule has 21 heavy (non-hydrogen) atoms. The van der Waals surface area contributed by atoms with Crippen LogP contribution in [0, 0.1) is 0 Å². The van der Waals surface area contributed by atoms with Crippen molar-refractivity contribution in [3.8, 4) is 0 Å². The number of nitrogens with two attached hydrogens (primary N) is 1. The number of hydrogen-bond acceptors (Lipinski definition) is 7. The molecule has 110 valence electrons. The maximum atomic E-state index is 11.7. The van der Waals surface area contributed by atoms with Gasteiger partial charge in [-0.15, -0.1) is 0 Å². The van der Waals surface area contributed by atoms with Gasteiger partial charge in [0.15, 0.2) is 5.16 Å². The van der Waals surface area contributed by atoms with E-state index in [9.17, 15) is 14.4 Å². The molecule has 1 heterocycles. The molecule has 0 amide bonds. The van der Waals surface area contributed by atoms with Crippen LogP contribution < -0.4 is 16.9 Å². The second-order valence-electron chi connectivity index (χ2n) is 4.02. The smallest absolute Gasteiger partial charge is 0.339 e. The second-order valence-corrected chi connectivity index (χ2v) is 4.99. The van der Waals surface area contributed by atoms with Crippen LogP contribution in [0.5, 0.6) is 0 Å². The van der Waals surface area contributed by atoms with Crippen molar-refractivity contribution < 1.29 is 9.53 Å². The quantitative estimate of drug-likeness (QED) is 0.465. The molecule has 0 saturated heterocycles. The van der Waals surface area contributed by atoms with Gasteiger partial charge in [-0.2, -0.15) is 4.98 Å². The lowest BCUT2D eigenvalue weighted by molar-refractivity contribution is 0.0597. The molecule has 9 heteroatoms. The summed E-state index contributed by atoms with van der Waals surface area (Å²) in [7, 11) is 2.78. The molecule has 2 rings (SSSR count). The Morgan fingerprint density at radius 2 is 2.14 bits per heavy atom. The third-order valence-electron chi connectivity index (χ3n) is 2.59. The predicted molar refractivity (Wildman–Crippen MR) is 76.4 cm³/mol. The molecule has 0 aliphatic carbocycles. The number of anilines is 1. The Bertz CT molecular complexity index is 812. The van der Waals surface area contributed by atoms with Gasteiger partial charge in [-0.25, -0.2) is 4.79 Å². The number of hydrogen-bond donors (Lipinski definition) is 2. The van der Waals surface area contributed by atoms with E-state index in [1.54, 1.807) is 18.2 Å². The number of aromatic nitrogens is 3. The Balaban J connectivity index is 2.54. The molecule has 2 aromatic rings. The van der Waals surface area contributed by atoms with Gasteiger partial charge in [0.1, 0.15) is 0 Å². The lowest BCUT2D eigenvalue weighted by Crippen LogP contribution is -2.33. The molecule has 0 aliphatic heterocycles. The van der Waals surface area contributed by atoms with E-state index in [2.05, 4.69) is 14.8 Å². The first-order chi connectivity index (χ1) is 9.93. The van der Waals surface area contributed by atoms with Crippen molar-refractivity contribution >= 4 is 23.4 Å². The fraction of sp³-hybridized carbons (Fsp3) is 0.167. The van der Waals surface area contributed by atoms with E-state index in [-0.39, 0.29) is 10.7 Å². The Morgan fingerprint density at radius 1 is 1.43 bits per heavy atom. The summed E-state index contributed by atoms with van der Waals surface area (Å²) in [5.41, 5.74) is 4.72. The number of ether oxygens (including phenoxy) is 1. The van der Waals surface area contributed by atoms with Gasteiger partial charge in [0, 0.05) is 12.7 Å². The van der Waals surface area contributed by atoms with E-state index in [1.165, 1.54) is 18.8 Å². The van der Waals surface area contributed by atoms with Crippen molar-refractivity contribution in [1.29, 1.82) is 0 Å². The number of benzene rings is 1. The predicted octanol–water partition coefficient (Wildman–Crippen LogP) is -0.0114. The van der Waals surface area contributed by atoms with E-state index in [4.69, 9.17) is 5.73 Å². The lowest BCUT2D eigenvalue weighted by atomic mass is 10.2. The van der Waals surface area contributed by atoms with Crippen molar-refractivity contribution in [1.82, 2.24) is 14.8 Å². The van der Waals surface area contributed by atoms with Crippen LogP contribution in [-0.4, -0.2) is 27.8 Å². The first-order valence-electron chi connectivity index (χ1n) is 5.76. The Kier molecular flexibility index (Phi) is 4.13. The van der Waals surface area contributed by atoms with Crippen LogP contribution in [-0.2, 0) is 11.8 Å². The number of carbonyl (C=O) groups excluding carboxylic acids is 1. The maximum absolute atomic E-state index is 11.7. The Morgan fingerprint density at radius 3 is 2.81 bits per heavy atom. The van der Waals surface area contributed by atoms with Crippen molar-refractivity contribution in [3.63, 3.8) is 0 Å². The average molecular weight is 308 g/mol. The van der Waals surface area contributed by atoms with Crippen molar-refractivity contribution in [2.24, 2.45) is 7.05 Å². The number of rotatable bonds is 3. The van der Waals surface area contributed by atoms with Crippen LogP contribution in [0.4, 0.5) is 5.69 Å². The van der Waals surface area contributed by atoms with Crippen molar-refractivity contribution in [2.45, 2.75) is 10.1 Å². The minimum absolute atomic E-state index is 0.197. The van der Waals surface area contributed by atoms with Gasteiger partial charge in [0.2, 0.25) is 0 Å². The van der Waals surface area contributed by atoms with E-state index in [1.807, 2.05) is 0 Å². The normalized spacial score (nSPS) is 10.4. The monoisotopic (exact) mass is 308 g/mol. The SMILES string of the molecule is COC(=O)c1cccc(N)c1Sc1nc(=O)c(=O)[nH]n1C. The molecular weight excluding hydrogens is 296 g/mol. The molecular formula is C12H12N4O4S. The average Bonchev–Trinajstić information content (AvgIpc) is 2.45. The third kappa shape index (κ3) is 2.97. The number of carbonyl (C=O) groups is 1. The number of nitrogens with zero attached hydrogens (tertiary/aromatic N) is 2. The highest BCUT2D eigenvalue weighted by atomic mass is 32.2. The van der Waals surface area contributed by atoms with Gasteiger partial charge in [0.25, 0.3) is 0 Å². The van der Waals surface area contributed by atoms with Crippen LogP contribution >= 0.6 is 11.8 Å². The summed E-state index contributed by atoms with van der Waals surface area (Å²) in [4.78, 5) is 38.3. The van der Waals surface area contributed by atoms with Crippen molar-refractivity contribution in [2.75, 3.05) is 12.8 Å². The number of esters is 1. The zero-order chi connectivity index (χ0) is 15.6. The number of aryl methyl sites for hydroxylation is 1. The highest BCUT2D eigenvalue weighted by molar-refractivity contribution is 7.99. The number of nitrogen functional groups attached to an aromatic ring is 1. The zero-order valence-corrected chi connectivity index (χ0v) is 12.1. The number of H-pyrrole nitrogens is 1. The van der Waals surface area contributed by atoms with Gasteiger partial charge < -0.3 is 10.5 Å². The molecule has 0 atom stereocenters. The number of nitrogens with one attached hydrogen (secondary N) is 1. The summed E-state index contributed by atoms with van der Waals surface area (Å²) in [5, 5.41) is 2.51. The highest BCUT2D eigenvalue weighted by Crippen LogP contribution is 2.33. The van der Waals surface area contributed by atoms with Gasteiger partial charge >= 0.3 is 17.1 Å². The molecule has 0 fully saturated rings. The molecule has 1 aromatic heterocycles. The summed E-state index contributed by atoms with van der Waals surface area (Å²) in [5.74, 6) is -0.556. The molecule has 0 spiro atoms. The summed E-state index contributed by atoms with van der Waals surface area (Å²) in [6.45, 7) is 0. The van der Waals surface area contributed by atoms with Crippen LogP contribution in [0.3, 0.4) is 0 Å². The zero-order valence-electron chi connectivity index (χ0n) is 11.2. The lowest BCUT2D eigenvalue weighted by Gasteiger charge is -2.11. The fourth-order valence-electron chi connectivity index (χ4n) is 1.58. The first kappa shape index (κ1) is 14.9. The second kappa shape index (κ2) is 5.83. The first-order valence-corrected chi connectivity index (χ1v) is 6.57. The molecule has 0 bridgehead atoms. The third-order valence-corrected chi connectivity index (χ3v) is 3.80. The van der Waals surface area contributed by atoms with Gasteiger partial charge in [-0.3, -0.25) is 19.4 Å². The summed E-state index contributed by atoms with van der Waals surface area (Å²) in [6, 6.07) is 4.78. The van der Waals surface area contributed by atoms with E-state index >= 15 is 0 Å². The van der Waals surface area contributed by atoms with Crippen LogP contribution in [0.2, 0.25) is 0 Å². The summed E-state index contributed by atoms with van der Waals surface area (Å²) in [6.07, 6.45) is 0. The Labute approximate surface area is 122 Å². The summed E-state index contributed by atoms with van der Waals surface area (Å²) >= 11 is 0.990. The maximum Gasteiger partial charge on any atom is 0.339 e. The van der Waals surface area contributed by atoms with E-state index < -0.39 is 17.1 Å². The fourth-order valence-corrected chi connectivity index (χ4v) is 2.52. The Hall–Kier alpha value is -2.55. The van der Waals surface area contributed by atoms with Crippen LogP contribution in [0.15, 0.2) is 37.8 Å². The minimum atomic E-state index is -0.912. The van der Waals surface area contributed by atoms with Gasteiger partial charge in [-0.1, -0.05) is 6.07 Å². The number of aromatic amines is 1. The van der Waals surface area contributed by atoms with E-state index in [0.717, 1.165) is 11.8 Å². The molecule has 0 radical (unpaired) electrons. The highest BCUT2D eigenvalue weighted by Gasteiger charge is 2.17. The number of methoxy groups -OCH3 is 1. The topological polar surface area (TPSA) is 120 Å². The van der Waals surface area contributed by atoms with Crippen LogP contribution in [0.1, 0.15) is 10.4 Å². The molecule has 3 N–H and O–H groups in total. The van der Waals surface area contributed by atoms with Crippen LogP contribution in [0.25, 0.3) is 0 Å². The van der Waals surface area contributed by atoms with Crippen molar-refractivity contribution in [3.05, 3.63) is 44.5 Å². The molecule has 0 unspecified atom stereocenters. The van der Waals surface area contributed by atoms with E-state index in [0.29, 0.717) is 10.6 Å². The molecule has 1 aromatic carbocycles. The molecule has 8 nitrogen and oxygen atoms in total. The minimum Gasteiger partial charge on any atom is -0.465 e. The summed E-state index contributed by atoms with van der Waals surface area (Å²) < 4.78 is 5.97. The molecule has 0 aliphatic rings. The van der Waals surface area contributed by atoms with Gasteiger partial charge in [-0.05, 0) is 23.9 Å². The van der Waals surface area contributed by atoms with Gasteiger partial charge in [0.05, 0.1) is 17.6 Å². The standard InChI is InChI=1S/C12H12N4O4S/c1-16-12(14-9(17)10(18)15-16)21-8-6(11(19)20-2)4-3-5-7(8)13/h3-5H,13H2,1-2H3,(H,15,18). The largest absolute Gasteiger partial charge is 0.465 e. The molecule has 0 saturated carbocycles.